The molecule has 0 amide bonds. The van der Waals surface area contributed by atoms with Crippen LogP contribution in [0.5, 0.6) is 0 Å². The van der Waals surface area contributed by atoms with E-state index in [2.05, 4.69) is 15.3 Å². The van der Waals surface area contributed by atoms with Gasteiger partial charge in [-0.2, -0.15) is 0 Å². The van der Waals surface area contributed by atoms with E-state index in [4.69, 9.17) is 23.2 Å². The first-order valence-corrected chi connectivity index (χ1v) is 6.34. The van der Waals surface area contributed by atoms with Crippen molar-refractivity contribution in [2.75, 3.05) is 7.05 Å². The standard InChI is InChI=1S/C13H13Cl2N3/c1-16-8-11-4-5-17-13(18-11)6-9-2-3-10(14)7-12(9)15/h2-5,7,16H,6,8H2,1H3. The third kappa shape index (κ3) is 3.42. The summed E-state index contributed by atoms with van der Waals surface area (Å²) in [6.07, 6.45) is 2.37. The smallest absolute Gasteiger partial charge is 0.133 e. The molecule has 0 saturated carbocycles. The predicted molar refractivity (Wildman–Crippen MR) is 74.1 cm³/mol. The SMILES string of the molecule is CNCc1ccnc(Cc2ccc(Cl)cc2Cl)n1. The van der Waals surface area contributed by atoms with Crippen LogP contribution in [-0.2, 0) is 13.0 Å². The highest BCUT2D eigenvalue weighted by Gasteiger charge is 2.05. The zero-order valence-electron chi connectivity index (χ0n) is 9.95. The average molecular weight is 282 g/mol. The average Bonchev–Trinajstić information content (AvgIpc) is 2.34. The van der Waals surface area contributed by atoms with E-state index in [1.54, 1.807) is 12.3 Å². The molecule has 1 N–H and O–H groups in total. The fourth-order valence-corrected chi connectivity index (χ4v) is 2.12. The van der Waals surface area contributed by atoms with E-state index in [1.807, 2.05) is 25.2 Å². The number of hydrogen-bond donors (Lipinski definition) is 1. The van der Waals surface area contributed by atoms with Crippen molar-refractivity contribution in [3.05, 3.63) is 57.6 Å². The van der Waals surface area contributed by atoms with Gasteiger partial charge < -0.3 is 5.32 Å². The zero-order valence-corrected chi connectivity index (χ0v) is 11.5. The Bertz CT molecular complexity index is 544. The molecule has 2 aromatic rings. The third-order valence-corrected chi connectivity index (χ3v) is 3.07. The molecule has 1 heterocycles. The molecule has 0 aliphatic carbocycles. The maximum Gasteiger partial charge on any atom is 0.133 e. The van der Waals surface area contributed by atoms with Crippen LogP contribution in [0.3, 0.4) is 0 Å². The number of nitrogens with one attached hydrogen (secondary N) is 1. The van der Waals surface area contributed by atoms with Crippen molar-refractivity contribution in [1.29, 1.82) is 0 Å². The van der Waals surface area contributed by atoms with Gasteiger partial charge in [-0.3, -0.25) is 0 Å². The van der Waals surface area contributed by atoms with Gasteiger partial charge in [-0.05, 0) is 30.8 Å². The molecule has 1 aromatic heterocycles. The summed E-state index contributed by atoms with van der Waals surface area (Å²) in [7, 11) is 1.89. The highest BCUT2D eigenvalue weighted by atomic mass is 35.5. The first kappa shape index (κ1) is 13.3. The summed E-state index contributed by atoms with van der Waals surface area (Å²) in [5.41, 5.74) is 1.94. The monoisotopic (exact) mass is 281 g/mol. The number of rotatable bonds is 4. The molecule has 2 rings (SSSR count). The van der Waals surface area contributed by atoms with Gasteiger partial charge in [0, 0.05) is 29.2 Å². The van der Waals surface area contributed by atoms with Crippen LogP contribution in [0.25, 0.3) is 0 Å². The molecule has 0 bridgehead atoms. The Morgan fingerprint density at radius 3 is 2.78 bits per heavy atom. The molecular formula is C13H13Cl2N3. The lowest BCUT2D eigenvalue weighted by Gasteiger charge is -2.05. The van der Waals surface area contributed by atoms with Crippen LogP contribution in [0.4, 0.5) is 0 Å². The van der Waals surface area contributed by atoms with Gasteiger partial charge in [0.15, 0.2) is 0 Å². The van der Waals surface area contributed by atoms with Crippen molar-refractivity contribution in [1.82, 2.24) is 15.3 Å². The Morgan fingerprint density at radius 1 is 1.22 bits per heavy atom. The van der Waals surface area contributed by atoms with Crippen molar-refractivity contribution in [3.63, 3.8) is 0 Å². The van der Waals surface area contributed by atoms with Crippen LogP contribution in [0.15, 0.2) is 30.5 Å². The molecule has 94 valence electrons. The second-order valence-electron chi connectivity index (χ2n) is 3.91. The molecular weight excluding hydrogens is 269 g/mol. The molecule has 1 aromatic carbocycles. The zero-order chi connectivity index (χ0) is 13.0. The predicted octanol–water partition coefficient (Wildman–Crippen LogP) is 3.09. The van der Waals surface area contributed by atoms with Crippen molar-refractivity contribution in [2.45, 2.75) is 13.0 Å². The topological polar surface area (TPSA) is 37.8 Å². The van der Waals surface area contributed by atoms with Crippen LogP contribution in [0, 0.1) is 0 Å². The Kier molecular flexibility index (Phi) is 4.53. The normalized spacial score (nSPS) is 10.6. The van der Waals surface area contributed by atoms with E-state index in [-0.39, 0.29) is 0 Å². The van der Waals surface area contributed by atoms with Crippen LogP contribution < -0.4 is 5.32 Å². The van der Waals surface area contributed by atoms with Gasteiger partial charge in [0.2, 0.25) is 0 Å². The Balaban J connectivity index is 2.20. The molecule has 0 fully saturated rings. The summed E-state index contributed by atoms with van der Waals surface area (Å²) in [5.74, 6) is 0.756. The molecule has 0 atom stereocenters. The van der Waals surface area contributed by atoms with Crippen molar-refractivity contribution in [2.24, 2.45) is 0 Å². The van der Waals surface area contributed by atoms with Gasteiger partial charge in [-0.15, -0.1) is 0 Å². The summed E-state index contributed by atoms with van der Waals surface area (Å²) in [6, 6.07) is 7.35. The molecule has 0 spiro atoms. The van der Waals surface area contributed by atoms with Crippen molar-refractivity contribution >= 4 is 23.2 Å². The minimum atomic E-state index is 0.605. The van der Waals surface area contributed by atoms with E-state index in [0.29, 0.717) is 16.5 Å². The molecule has 0 radical (unpaired) electrons. The summed E-state index contributed by atoms with van der Waals surface area (Å²) in [4.78, 5) is 8.71. The highest BCUT2D eigenvalue weighted by Crippen LogP contribution is 2.22. The lowest BCUT2D eigenvalue weighted by molar-refractivity contribution is 0.772. The number of aromatic nitrogens is 2. The number of benzene rings is 1. The minimum absolute atomic E-state index is 0.605. The van der Waals surface area contributed by atoms with Crippen molar-refractivity contribution in [3.8, 4) is 0 Å². The molecule has 0 unspecified atom stereocenters. The maximum atomic E-state index is 6.13. The van der Waals surface area contributed by atoms with Gasteiger partial charge in [0.25, 0.3) is 0 Å². The van der Waals surface area contributed by atoms with E-state index >= 15 is 0 Å². The molecule has 5 heteroatoms. The quantitative estimate of drug-likeness (QED) is 0.936. The Morgan fingerprint density at radius 2 is 2.06 bits per heavy atom. The van der Waals surface area contributed by atoms with E-state index in [1.165, 1.54) is 0 Å². The maximum absolute atomic E-state index is 6.13. The summed E-state index contributed by atoms with van der Waals surface area (Å²) >= 11 is 12.0. The largest absolute Gasteiger partial charge is 0.314 e. The molecule has 0 aliphatic rings. The van der Waals surface area contributed by atoms with E-state index in [0.717, 1.165) is 23.6 Å². The van der Waals surface area contributed by atoms with E-state index in [9.17, 15) is 0 Å². The fourth-order valence-electron chi connectivity index (χ4n) is 1.64. The number of halogens is 2. The van der Waals surface area contributed by atoms with Crippen LogP contribution in [0.2, 0.25) is 10.0 Å². The van der Waals surface area contributed by atoms with Gasteiger partial charge in [-0.25, -0.2) is 9.97 Å². The summed E-state index contributed by atoms with van der Waals surface area (Å²) in [5, 5.41) is 4.34. The van der Waals surface area contributed by atoms with Gasteiger partial charge in [-0.1, -0.05) is 29.3 Å². The fraction of sp³-hybridized carbons (Fsp3) is 0.231. The molecule has 3 nitrogen and oxygen atoms in total. The first-order chi connectivity index (χ1) is 8.69. The van der Waals surface area contributed by atoms with Crippen molar-refractivity contribution < 1.29 is 0 Å². The second kappa shape index (κ2) is 6.14. The molecule has 0 saturated heterocycles. The third-order valence-electron chi connectivity index (χ3n) is 2.48. The van der Waals surface area contributed by atoms with Crippen LogP contribution >= 0.6 is 23.2 Å². The van der Waals surface area contributed by atoms with Gasteiger partial charge >= 0.3 is 0 Å². The Labute approximate surface area is 116 Å². The van der Waals surface area contributed by atoms with Crippen LogP contribution in [0.1, 0.15) is 17.1 Å². The minimum Gasteiger partial charge on any atom is -0.314 e. The van der Waals surface area contributed by atoms with Gasteiger partial charge in [0.05, 0.1) is 5.69 Å². The van der Waals surface area contributed by atoms with Crippen LogP contribution in [-0.4, -0.2) is 17.0 Å². The number of nitrogens with zero attached hydrogens (tertiary/aromatic N) is 2. The van der Waals surface area contributed by atoms with Gasteiger partial charge in [0.1, 0.15) is 5.82 Å². The number of hydrogen-bond acceptors (Lipinski definition) is 3. The Hall–Kier alpha value is -1.16. The molecule has 0 aliphatic heterocycles. The first-order valence-electron chi connectivity index (χ1n) is 5.58. The highest BCUT2D eigenvalue weighted by molar-refractivity contribution is 6.35. The van der Waals surface area contributed by atoms with E-state index < -0.39 is 0 Å². The second-order valence-corrected chi connectivity index (χ2v) is 4.75. The molecule has 18 heavy (non-hydrogen) atoms. The summed E-state index contributed by atoms with van der Waals surface area (Å²) in [6.45, 7) is 0.726. The lowest BCUT2D eigenvalue weighted by atomic mass is 10.1. The summed E-state index contributed by atoms with van der Waals surface area (Å²) < 4.78 is 0. The lowest BCUT2D eigenvalue weighted by Crippen LogP contribution is -2.09.